The van der Waals surface area contributed by atoms with Gasteiger partial charge in [-0.15, -0.1) is 0 Å². The molecule has 1 heterocycles. The second-order valence-corrected chi connectivity index (χ2v) is 4.57. The highest BCUT2D eigenvalue weighted by Gasteiger charge is 2.39. The van der Waals surface area contributed by atoms with Crippen LogP contribution in [0, 0.1) is 0 Å². The average molecular weight is 188 g/mol. The van der Waals surface area contributed by atoms with E-state index in [0.29, 0.717) is 11.9 Å². The lowest BCUT2D eigenvalue weighted by Crippen LogP contribution is -2.46. The van der Waals surface area contributed by atoms with Gasteiger partial charge >= 0.3 is 0 Å². The molecule has 1 saturated heterocycles. The van der Waals surface area contributed by atoms with Gasteiger partial charge in [0.2, 0.25) is 0 Å². The van der Waals surface area contributed by atoms with Crippen molar-refractivity contribution in [3.8, 4) is 0 Å². The molecule has 2 nitrogen and oxygen atoms in total. The minimum Gasteiger partial charge on any atom is -0.367 e. The molecule has 0 bridgehead atoms. The van der Waals surface area contributed by atoms with Crippen LogP contribution in [0.5, 0.6) is 0 Å². The van der Waals surface area contributed by atoms with Gasteiger partial charge in [0.05, 0.1) is 0 Å². The summed E-state index contributed by atoms with van der Waals surface area (Å²) >= 11 is 1.83. The summed E-state index contributed by atoms with van der Waals surface area (Å²) < 4.78 is 5.54. The molecule has 12 heavy (non-hydrogen) atoms. The fourth-order valence-corrected chi connectivity index (χ4v) is 2.79. The summed E-state index contributed by atoms with van der Waals surface area (Å²) in [6.07, 6.45) is 2.97. The maximum Gasteiger partial charge on any atom is 0.152 e. The van der Waals surface area contributed by atoms with Gasteiger partial charge < -0.3 is 9.53 Å². The second-order valence-electron chi connectivity index (χ2n) is 3.12. The second kappa shape index (κ2) is 4.28. The molecule has 1 aliphatic rings. The number of hydrogen-bond acceptors (Lipinski definition) is 3. The van der Waals surface area contributed by atoms with E-state index in [-0.39, 0.29) is 0 Å². The van der Waals surface area contributed by atoms with Crippen molar-refractivity contribution in [3.63, 3.8) is 0 Å². The Morgan fingerprint density at radius 2 is 2.50 bits per heavy atom. The highest BCUT2D eigenvalue weighted by Crippen LogP contribution is 2.35. The molecular weight excluding hydrogens is 172 g/mol. The predicted octanol–water partition coefficient (Wildman–Crippen LogP) is 1.88. The van der Waals surface area contributed by atoms with E-state index in [1.807, 2.05) is 18.7 Å². The number of thioether (sulfide) groups is 1. The molecular formula is C9H16O2S. The topological polar surface area (TPSA) is 26.3 Å². The molecule has 0 aromatic carbocycles. The monoisotopic (exact) mass is 188 g/mol. The summed E-state index contributed by atoms with van der Waals surface area (Å²) in [5.41, 5.74) is -0.488. The maximum atomic E-state index is 10.9. The van der Waals surface area contributed by atoms with Crippen molar-refractivity contribution in [1.29, 1.82) is 0 Å². The fraction of sp³-hybridized carbons (Fsp3) is 0.889. The molecule has 2 atom stereocenters. The molecule has 0 aliphatic carbocycles. The SMILES string of the molecule is CCOC1(C=O)CCCSC1C. The van der Waals surface area contributed by atoms with Crippen LogP contribution in [0.2, 0.25) is 0 Å². The number of hydrogen-bond donors (Lipinski definition) is 0. The quantitative estimate of drug-likeness (QED) is 0.632. The van der Waals surface area contributed by atoms with Gasteiger partial charge in [-0.05, 0) is 25.5 Å². The minimum absolute atomic E-state index is 0.309. The molecule has 0 N–H and O–H groups in total. The van der Waals surface area contributed by atoms with Crippen LogP contribution in [0.25, 0.3) is 0 Å². The van der Waals surface area contributed by atoms with Crippen molar-refractivity contribution < 1.29 is 9.53 Å². The largest absolute Gasteiger partial charge is 0.367 e. The van der Waals surface area contributed by atoms with Crippen LogP contribution < -0.4 is 0 Å². The normalized spacial score (nSPS) is 36.3. The molecule has 0 radical (unpaired) electrons. The lowest BCUT2D eigenvalue weighted by Gasteiger charge is -2.37. The van der Waals surface area contributed by atoms with Gasteiger partial charge in [-0.25, -0.2) is 0 Å². The molecule has 0 saturated carbocycles. The summed E-state index contributed by atoms with van der Waals surface area (Å²) in [5, 5.41) is 0.309. The summed E-state index contributed by atoms with van der Waals surface area (Å²) in [4.78, 5) is 10.9. The summed E-state index contributed by atoms with van der Waals surface area (Å²) in [6, 6.07) is 0. The molecule has 70 valence electrons. The first-order valence-electron chi connectivity index (χ1n) is 4.47. The van der Waals surface area contributed by atoms with Gasteiger partial charge in [0, 0.05) is 11.9 Å². The minimum atomic E-state index is -0.488. The molecule has 0 aromatic rings. The average Bonchev–Trinajstić information content (AvgIpc) is 2.10. The van der Waals surface area contributed by atoms with Gasteiger partial charge in [-0.2, -0.15) is 11.8 Å². The Kier molecular flexibility index (Phi) is 3.59. The summed E-state index contributed by atoms with van der Waals surface area (Å²) in [6.45, 7) is 4.65. The van der Waals surface area contributed by atoms with Crippen molar-refractivity contribution in [3.05, 3.63) is 0 Å². The molecule has 2 unspecified atom stereocenters. The van der Waals surface area contributed by atoms with E-state index in [1.54, 1.807) is 0 Å². The van der Waals surface area contributed by atoms with Crippen LogP contribution >= 0.6 is 11.8 Å². The van der Waals surface area contributed by atoms with E-state index in [2.05, 4.69) is 6.92 Å². The van der Waals surface area contributed by atoms with E-state index in [1.165, 1.54) is 0 Å². The van der Waals surface area contributed by atoms with E-state index >= 15 is 0 Å². The number of carbonyl (C=O) groups is 1. The van der Waals surface area contributed by atoms with Gasteiger partial charge in [-0.3, -0.25) is 0 Å². The lowest BCUT2D eigenvalue weighted by molar-refractivity contribution is -0.131. The highest BCUT2D eigenvalue weighted by atomic mass is 32.2. The van der Waals surface area contributed by atoms with Crippen LogP contribution in [-0.4, -0.2) is 29.5 Å². The molecule has 1 rings (SSSR count). The van der Waals surface area contributed by atoms with Crippen LogP contribution in [0.4, 0.5) is 0 Å². The first-order chi connectivity index (χ1) is 5.75. The van der Waals surface area contributed by atoms with Crippen LogP contribution in [0.15, 0.2) is 0 Å². The Morgan fingerprint density at radius 3 is 3.00 bits per heavy atom. The predicted molar refractivity (Wildman–Crippen MR) is 51.6 cm³/mol. The zero-order valence-corrected chi connectivity index (χ0v) is 8.52. The Hall–Kier alpha value is -0.0200. The molecule has 0 spiro atoms. The number of rotatable bonds is 3. The molecule has 1 aliphatic heterocycles. The van der Waals surface area contributed by atoms with Crippen molar-refractivity contribution in [2.45, 2.75) is 37.5 Å². The highest BCUT2D eigenvalue weighted by molar-refractivity contribution is 8.00. The maximum absolute atomic E-state index is 10.9. The Morgan fingerprint density at radius 1 is 1.75 bits per heavy atom. The first-order valence-corrected chi connectivity index (χ1v) is 5.52. The van der Waals surface area contributed by atoms with Gasteiger partial charge in [0.15, 0.2) is 6.29 Å². The van der Waals surface area contributed by atoms with Crippen molar-refractivity contribution in [2.75, 3.05) is 12.4 Å². The summed E-state index contributed by atoms with van der Waals surface area (Å²) in [7, 11) is 0. The Bertz CT molecular complexity index is 157. The summed E-state index contributed by atoms with van der Waals surface area (Å²) in [5.74, 6) is 1.16. The Labute approximate surface area is 78.1 Å². The van der Waals surface area contributed by atoms with Gasteiger partial charge in [0.25, 0.3) is 0 Å². The molecule has 1 fully saturated rings. The van der Waals surface area contributed by atoms with Crippen LogP contribution in [-0.2, 0) is 9.53 Å². The van der Waals surface area contributed by atoms with E-state index in [0.717, 1.165) is 24.9 Å². The van der Waals surface area contributed by atoms with E-state index < -0.39 is 5.60 Å². The zero-order valence-electron chi connectivity index (χ0n) is 7.71. The lowest BCUT2D eigenvalue weighted by atomic mass is 9.95. The number of ether oxygens (including phenoxy) is 1. The van der Waals surface area contributed by atoms with Crippen LogP contribution in [0.1, 0.15) is 26.7 Å². The smallest absolute Gasteiger partial charge is 0.152 e. The Balaban J connectivity index is 2.66. The standard InChI is InChI=1S/C9H16O2S/c1-3-11-9(7-10)5-4-6-12-8(9)2/h7-8H,3-6H2,1-2H3. The van der Waals surface area contributed by atoms with Crippen molar-refractivity contribution in [1.82, 2.24) is 0 Å². The van der Waals surface area contributed by atoms with Gasteiger partial charge in [-0.1, -0.05) is 6.92 Å². The third-order valence-corrected chi connectivity index (χ3v) is 3.80. The molecule has 0 aromatic heterocycles. The van der Waals surface area contributed by atoms with E-state index in [4.69, 9.17) is 4.74 Å². The van der Waals surface area contributed by atoms with Crippen molar-refractivity contribution >= 4 is 18.0 Å². The van der Waals surface area contributed by atoms with Gasteiger partial charge in [0.1, 0.15) is 5.60 Å². The van der Waals surface area contributed by atoms with Crippen molar-refractivity contribution in [2.24, 2.45) is 0 Å². The van der Waals surface area contributed by atoms with Crippen LogP contribution in [0.3, 0.4) is 0 Å². The fourth-order valence-electron chi connectivity index (χ4n) is 1.60. The first kappa shape index (κ1) is 10.1. The molecule has 0 amide bonds. The number of aldehydes is 1. The van der Waals surface area contributed by atoms with E-state index in [9.17, 15) is 4.79 Å². The molecule has 3 heteroatoms. The zero-order chi connectivity index (χ0) is 9.03. The third-order valence-electron chi connectivity index (χ3n) is 2.38. The third kappa shape index (κ3) is 1.83. The number of carbonyl (C=O) groups excluding carboxylic acids is 1.